The van der Waals surface area contributed by atoms with E-state index in [2.05, 4.69) is 15.6 Å². The van der Waals surface area contributed by atoms with E-state index in [0.29, 0.717) is 17.2 Å². The highest BCUT2D eigenvalue weighted by molar-refractivity contribution is 6.31. The molecular formula is C15H17ClN2O5. The molecule has 1 aromatic rings. The number of hydrogen-bond acceptors (Lipinski definition) is 5. The van der Waals surface area contributed by atoms with Crippen molar-refractivity contribution in [2.75, 3.05) is 13.7 Å². The maximum Gasteiger partial charge on any atom is 0.330 e. The van der Waals surface area contributed by atoms with Gasteiger partial charge in [0.05, 0.1) is 12.7 Å². The van der Waals surface area contributed by atoms with E-state index in [1.807, 2.05) is 6.92 Å². The lowest BCUT2D eigenvalue weighted by Crippen LogP contribution is -2.43. The molecule has 0 aliphatic carbocycles. The van der Waals surface area contributed by atoms with Crippen LogP contribution in [0.2, 0.25) is 5.02 Å². The summed E-state index contributed by atoms with van der Waals surface area (Å²) in [4.78, 5) is 34.7. The highest BCUT2D eigenvalue weighted by Crippen LogP contribution is 2.22. The van der Waals surface area contributed by atoms with Crippen molar-refractivity contribution in [2.45, 2.75) is 13.3 Å². The number of amides is 2. The largest absolute Gasteiger partial charge is 0.496 e. The summed E-state index contributed by atoms with van der Waals surface area (Å²) in [6, 6.07) is 4.50. The first kappa shape index (κ1) is 18.5. The third-order valence-electron chi connectivity index (χ3n) is 2.56. The second-order valence-electron chi connectivity index (χ2n) is 4.27. The summed E-state index contributed by atoms with van der Waals surface area (Å²) < 4.78 is 9.71. The van der Waals surface area contributed by atoms with Gasteiger partial charge in [0.2, 0.25) is 0 Å². The van der Waals surface area contributed by atoms with Crippen molar-refractivity contribution in [3.8, 4) is 5.75 Å². The first-order valence-electron chi connectivity index (χ1n) is 6.74. The molecule has 0 atom stereocenters. The van der Waals surface area contributed by atoms with Gasteiger partial charge < -0.3 is 9.47 Å². The van der Waals surface area contributed by atoms with Gasteiger partial charge in [-0.1, -0.05) is 24.6 Å². The third-order valence-corrected chi connectivity index (χ3v) is 2.79. The summed E-state index contributed by atoms with van der Waals surface area (Å²) in [6.45, 7) is 1.34. The van der Waals surface area contributed by atoms with Crippen LogP contribution in [0.5, 0.6) is 5.75 Å². The molecule has 0 heterocycles. The van der Waals surface area contributed by atoms with Gasteiger partial charge in [-0.05, 0) is 24.6 Å². The smallest absolute Gasteiger partial charge is 0.330 e. The van der Waals surface area contributed by atoms with E-state index in [0.717, 1.165) is 0 Å². The first-order chi connectivity index (χ1) is 11.0. The molecule has 2 N–H and O–H groups in total. The van der Waals surface area contributed by atoms with Crippen LogP contribution in [0, 0.1) is 0 Å². The van der Waals surface area contributed by atoms with Crippen molar-refractivity contribution in [2.24, 2.45) is 0 Å². The zero-order valence-electron chi connectivity index (χ0n) is 12.7. The van der Waals surface area contributed by atoms with E-state index in [1.54, 1.807) is 12.1 Å². The van der Waals surface area contributed by atoms with Gasteiger partial charge in [0, 0.05) is 11.1 Å². The number of carbonyl (C=O) groups is 3. The second kappa shape index (κ2) is 9.47. The lowest BCUT2D eigenvalue weighted by molar-refractivity contribution is -0.144. The van der Waals surface area contributed by atoms with Crippen LogP contribution >= 0.6 is 11.6 Å². The summed E-state index contributed by atoms with van der Waals surface area (Å²) in [5.41, 5.74) is 4.46. The molecule has 0 saturated carbocycles. The zero-order chi connectivity index (χ0) is 17.2. The molecule has 8 heteroatoms. The SMILES string of the molecule is CC/C=C/C(=O)OCC(=O)NNC(=O)c1cc(Cl)ccc1OC. The van der Waals surface area contributed by atoms with Crippen LogP contribution in [-0.2, 0) is 14.3 Å². The van der Waals surface area contributed by atoms with Gasteiger partial charge in [0.25, 0.3) is 11.8 Å². The van der Waals surface area contributed by atoms with Crippen molar-refractivity contribution in [3.05, 3.63) is 40.9 Å². The Labute approximate surface area is 138 Å². The Kier molecular flexibility index (Phi) is 7.62. The van der Waals surface area contributed by atoms with Crippen LogP contribution in [0.3, 0.4) is 0 Å². The topological polar surface area (TPSA) is 93.7 Å². The monoisotopic (exact) mass is 340 g/mol. The van der Waals surface area contributed by atoms with E-state index in [1.165, 1.54) is 25.3 Å². The fraction of sp³-hybridized carbons (Fsp3) is 0.267. The molecule has 0 aliphatic rings. The molecule has 0 radical (unpaired) electrons. The van der Waals surface area contributed by atoms with Gasteiger partial charge in [0.15, 0.2) is 6.61 Å². The number of rotatable bonds is 6. The summed E-state index contributed by atoms with van der Waals surface area (Å²) >= 11 is 5.82. The van der Waals surface area contributed by atoms with Crippen molar-refractivity contribution in [1.29, 1.82) is 0 Å². The van der Waals surface area contributed by atoms with Gasteiger partial charge in [-0.2, -0.15) is 0 Å². The fourth-order valence-corrected chi connectivity index (χ4v) is 1.66. The standard InChI is InChI=1S/C15H17ClN2O5/c1-3-4-5-14(20)23-9-13(19)17-18-15(21)11-8-10(16)6-7-12(11)22-2/h4-8H,3,9H2,1-2H3,(H,17,19)(H,18,21)/b5-4+. The van der Waals surface area contributed by atoms with Crippen molar-refractivity contribution < 1.29 is 23.9 Å². The molecule has 124 valence electrons. The Morgan fingerprint density at radius 1 is 1.26 bits per heavy atom. The Morgan fingerprint density at radius 2 is 2.00 bits per heavy atom. The van der Waals surface area contributed by atoms with Crippen LogP contribution in [0.25, 0.3) is 0 Å². The number of carbonyl (C=O) groups excluding carboxylic acids is 3. The van der Waals surface area contributed by atoms with E-state index in [9.17, 15) is 14.4 Å². The Morgan fingerprint density at radius 3 is 2.65 bits per heavy atom. The molecule has 0 aromatic heterocycles. The summed E-state index contributed by atoms with van der Waals surface area (Å²) in [5.74, 6) is -1.63. The van der Waals surface area contributed by atoms with Crippen LogP contribution in [0.4, 0.5) is 0 Å². The van der Waals surface area contributed by atoms with Crippen LogP contribution in [0.1, 0.15) is 23.7 Å². The maximum atomic E-state index is 12.0. The minimum Gasteiger partial charge on any atom is -0.496 e. The highest BCUT2D eigenvalue weighted by atomic mass is 35.5. The molecule has 1 rings (SSSR count). The Hall–Kier alpha value is -2.54. The average molecular weight is 341 g/mol. The number of ether oxygens (including phenoxy) is 2. The lowest BCUT2D eigenvalue weighted by Gasteiger charge is -2.10. The van der Waals surface area contributed by atoms with E-state index >= 15 is 0 Å². The van der Waals surface area contributed by atoms with Gasteiger partial charge in [-0.25, -0.2) is 4.79 Å². The number of allylic oxidation sites excluding steroid dienone is 1. The third kappa shape index (κ3) is 6.39. The predicted octanol–water partition coefficient (Wildman–Crippen LogP) is 1.62. The van der Waals surface area contributed by atoms with Crippen molar-refractivity contribution in [1.82, 2.24) is 10.9 Å². The number of hydrogen-bond donors (Lipinski definition) is 2. The number of nitrogens with one attached hydrogen (secondary N) is 2. The van der Waals surface area contributed by atoms with E-state index in [-0.39, 0.29) is 5.56 Å². The van der Waals surface area contributed by atoms with Crippen molar-refractivity contribution in [3.63, 3.8) is 0 Å². The lowest BCUT2D eigenvalue weighted by atomic mass is 10.2. The minimum absolute atomic E-state index is 0.156. The van der Waals surface area contributed by atoms with Crippen LogP contribution in [-0.4, -0.2) is 31.5 Å². The molecule has 0 aliphatic heterocycles. The van der Waals surface area contributed by atoms with Gasteiger partial charge in [-0.3, -0.25) is 20.4 Å². The van der Waals surface area contributed by atoms with Gasteiger partial charge in [-0.15, -0.1) is 0 Å². The van der Waals surface area contributed by atoms with Gasteiger partial charge in [0.1, 0.15) is 5.75 Å². The summed E-state index contributed by atoms with van der Waals surface area (Å²) in [7, 11) is 1.40. The highest BCUT2D eigenvalue weighted by Gasteiger charge is 2.14. The first-order valence-corrected chi connectivity index (χ1v) is 7.11. The second-order valence-corrected chi connectivity index (χ2v) is 4.70. The van der Waals surface area contributed by atoms with E-state index in [4.69, 9.17) is 16.3 Å². The Bertz CT molecular complexity index is 616. The number of hydrazine groups is 1. The Balaban J connectivity index is 2.50. The normalized spacial score (nSPS) is 10.2. The molecule has 0 bridgehead atoms. The molecular weight excluding hydrogens is 324 g/mol. The number of esters is 1. The number of halogens is 1. The van der Waals surface area contributed by atoms with Crippen LogP contribution in [0.15, 0.2) is 30.4 Å². The molecule has 23 heavy (non-hydrogen) atoms. The maximum absolute atomic E-state index is 12.0. The zero-order valence-corrected chi connectivity index (χ0v) is 13.5. The quantitative estimate of drug-likeness (QED) is 0.466. The number of methoxy groups -OCH3 is 1. The van der Waals surface area contributed by atoms with Crippen molar-refractivity contribution >= 4 is 29.4 Å². The molecule has 0 unspecified atom stereocenters. The minimum atomic E-state index is -0.683. The molecule has 0 fully saturated rings. The van der Waals surface area contributed by atoms with Gasteiger partial charge >= 0.3 is 5.97 Å². The van der Waals surface area contributed by atoms with E-state index < -0.39 is 24.4 Å². The number of benzene rings is 1. The predicted molar refractivity (Wildman–Crippen MR) is 84.0 cm³/mol. The molecule has 0 spiro atoms. The summed E-state index contributed by atoms with van der Waals surface area (Å²) in [5, 5.41) is 0.346. The van der Waals surface area contributed by atoms with Crippen LogP contribution < -0.4 is 15.6 Å². The molecule has 2 amide bonds. The molecule has 1 aromatic carbocycles. The molecule has 7 nitrogen and oxygen atoms in total. The fourth-order valence-electron chi connectivity index (χ4n) is 1.49. The molecule has 0 saturated heterocycles. The summed E-state index contributed by atoms with van der Waals surface area (Å²) in [6.07, 6.45) is 3.51. The average Bonchev–Trinajstić information content (AvgIpc) is 2.55.